The van der Waals surface area contributed by atoms with E-state index in [0.717, 1.165) is 18.5 Å². The quantitative estimate of drug-likeness (QED) is 0.854. The summed E-state index contributed by atoms with van der Waals surface area (Å²) in [5.74, 6) is -0.211. The lowest BCUT2D eigenvalue weighted by Crippen LogP contribution is -2.25. The zero-order valence-corrected chi connectivity index (χ0v) is 9.99. The molecule has 94 valence electrons. The van der Waals surface area contributed by atoms with E-state index in [9.17, 15) is 4.39 Å². The van der Waals surface area contributed by atoms with E-state index in [1.165, 1.54) is 12.1 Å². The molecule has 0 bridgehead atoms. The number of benzene rings is 1. The highest BCUT2D eigenvalue weighted by Gasteiger charge is 2.21. The Morgan fingerprint density at radius 1 is 1.29 bits per heavy atom. The van der Waals surface area contributed by atoms with E-state index >= 15 is 0 Å². The third-order valence-corrected chi connectivity index (χ3v) is 2.84. The number of rotatable bonds is 5. The SMILES string of the molecule is CCNC(CC1OCCO1)c1ccc(F)cc1. The van der Waals surface area contributed by atoms with Gasteiger partial charge < -0.3 is 14.8 Å². The van der Waals surface area contributed by atoms with Crippen molar-refractivity contribution in [1.82, 2.24) is 5.32 Å². The Labute approximate surface area is 101 Å². The van der Waals surface area contributed by atoms with Crippen LogP contribution in [0.25, 0.3) is 0 Å². The monoisotopic (exact) mass is 239 g/mol. The highest BCUT2D eigenvalue weighted by molar-refractivity contribution is 5.20. The second kappa shape index (κ2) is 6.10. The first kappa shape index (κ1) is 12.5. The summed E-state index contributed by atoms with van der Waals surface area (Å²) in [6, 6.07) is 6.71. The highest BCUT2D eigenvalue weighted by Crippen LogP contribution is 2.22. The van der Waals surface area contributed by atoms with Crippen LogP contribution in [0.1, 0.15) is 24.9 Å². The summed E-state index contributed by atoms with van der Waals surface area (Å²) in [6.45, 7) is 4.22. The van der Waals surface area contributed by atoms with Crippen LogP contribution in [-0.2, 0) is 9.47 Å². The minimum Gasteiger partial charge on any atom is -0.350 e. The first-order valence-electron chi connectivity index (χ1n) is 6.01. The molecule has 1 saturated heterocycles. The third-order valence-electron chi connectivity index (χ3n) is 2.84. The summed E-state index contributed by atoms with van der Waals surface area (Å²) in [7, 11) is 0. The molecule has 1 aliphatic heterocycles. The first-order chi connectivity index (χ1) is 8.29. The molecule has 1 unspecified atom stereocenters. The van der Waals surface area contributed by atoms with Crippen LogP contribution in [-0.4, -0.2) is 26.0 Å². The van der Waals surface area contributed by atoms with Gasteiger partial charge in [-0.05, 0) is 24.2 Å². The van der Waals surface area contributed by atoms with Gasteiger partial charge in [-0.2, -0.15) is 0 Å². The molecule has 4 heteroatoms. The third kappa shape index (κ3) is 3.49. The van der Waals surface area contributed by atoms with Crippen molar-refractivity contribution >= 4 is 0 Å². The Hall–Kier alpha value is -0.970. The van der Waals surface area contributed by atoms with Gasteiger partial charge in [-0.1, -0.05) is 19.1 Å². The molecule has 0 spiro atoms. The Morgan fingerprint density at radius 2 is 1.94 bits per heavy atom. The molecule has 1 fully saturated rings. The Morgan fingerprint density at radius 3 is 2.53 bits per heavy atom. The smallest absolute Gasteiger partial charge is 0.159 e. The van der Waals surface area contributed by atoms with E-state index in [-0.39, 0.29) is 18.1 Å². The van der Waals surface area contributed by atoms with Crippen LogP contribution >= 0.6 is 0 Å². The number of nitrogens with one attached hydrogen (secondary N) is 1. The molecular weight excluding hydrogens is 221 g/mol. The maximum Gasteiger partial charge on any atom is 0.159 e. The maximum atomic E-state index is 12.9. The van der Waals surface area contributed by atoms with Crippen molar-refractivity contribution in [1.29, 1.82) is 0 Å². The predicted molar refractivity (Wildman–Crippen MR) is 63.1 cm³/mol. The molecule has 0 amide bonds. The summed E-state index contributed by atoms with van der Waals surface area (Å²) in [5, 5.41) is 3.36. The van der Waals surface area contributed by atoms with Crippen molar-refractivity contribution in [2.75, 3.05) is 19.8 Å². The average molecular weight is 239 g/mol. The van der Waals surface area contributed by atoms with Gasteiger partial charge in [-0.3, -0.25) is 0 Å². The molecule has 1 heterocycles. The van der Waals surface area contributed by atoms with Crippen LogP contribution < -0.4 is 5.32 Å². The highest BCUT2D eigenvalue weighted by atomic mass is 19.1. The molecule has 1 N–H and O–H groups in total. The average Bonchev–Trinajstić information content (AvgIpc) is 2.82. The molecule has 17 heavy (non-hydrogen) atoms. The van der Waals surface area contributed by atoms with E-state index in [1.807, 2.05) is 6.92 Å². The van der Waals surface area contributed by atoms with Crippen molar-refractivity contribution < 1.29 is 13.9 Å². The van der Waals surface area contributed by atoms with Crippen LogP contribution in [0.2, 0.25) is 0 Å². The number of hydrogen-bond acceptors (Lipinski definition) is 3. The first-order valence-corrected chi connectivity index (χ1v) is 6.01. The fraction of sp³-hybridized carbons (Fsp3) is 0.538. The molecule has 1 aromatic rings. The van der Waals surface area contributed by atoms with Gasteiger partial charge in [-0.15, -0.1) is 0 Å². The molecular formula is C13H18FNO2. The standard InChI is InChI=1S/C13H18FNO2/c1-2-15-12(9-13-16-7-8-17-13)10-3-5-11(14)6-4-10/h3-6,12-13,15H,2,7-9H2,1H3. The summed E-state index contributed by atoms with van der Waals surface area (Å²) in [4.78, 5) is 0. The second-order valence-corrected chi connectivity index (χ2v) is 4.07. The van der Waals surface area contributed by atoms with Gasteiger partial charge in [0.05, 0.1) is 13.2 Å². The number of halogens is 1. The lowest BCUT2D eigenvalue weighted by atomic mass is 10.0. The number of hydrogen-bond donors (Lipinski definition) is 1. The van der Waals surface area contributed by atoms with Crippen molar-refractivity contribution in [3.63, 3.8) is 0 Å². The molecule has 0 radical (unpaired) electrons. The number of ether oxygens (including phenoxy) is 2. The van der Waals surface area contributed by atoms with Gasteiger partial charge in [-0.25, -0.2) is 4.39 Å². The van der Waals surface area contributed by atoms with Gasteiger partial charge >= 0.3 is 0 Å². The fourth-order valence-electron chi connectivity index (χ4n) is 2.01. The van der Waals surface area contributed by atoms with Gasteiger partial charge in [0.25, 0.3) is 0 Å². The molecule has 1 aliphatic rings. The lowest BCUT2D eigenvalue weighted by Gasteiger charge is -2.21. The molecule has 0 saturated carbocycles. The van der Waals surface area contributed by atoms with Crippen molar-refractivity contribution in [2.24, 2.45) is 0 Å². The van der Waals surface area contributed by atoms with E-state index in [2.05, 4.69) is 5.32 Å². The molecule has 2 rings (SSSR count). The lowest BCUT2D eigenvalue weighted by molar-refractivity contribution is -0.0529. The Balaban J connectivity index is 2.02. The molecule has 1 aromatic carbocycles. The van der Waals surface area contributed by atoms with Crippen molar-refractivity contribution in [2.45, 2.75) is 25.7 Å². The van der Waals surface area contributed by atoms with E-state index < -0.39 is 0 Å². The van der Waals surface area contributed by atoms with Crippen LogP contribution in [0.4, 0.5) is 4.39 Å². The molecule has 3 nitrogen and oxygen atoms in total. The molecule has 0 aliphatic carbocycles. The zero-order chi connectivity index (χ0) is 12.1. The fourth-order valence-corrected chi connectivity index (χ4v) is 2.01. The summed E-state index contributed by atoms with van der Waals surface area (Å²) in [6.07, 6.45) is 0.600. The minimum atomic E-state index is -0.211. The topological polar surface area (TPSA) is 30.5 Å². The van der Waals surface area contributed by atoms with E-state index in [1.54, 1.807) is 12.1 Å². The van der Waals surface area contributed by atoms with Crippen LogP contribution in [0.5, 0.6) is 0 Å². The Bertz CT molecular complexity index is 336. The van der Waals surface area contributed by atoms with Gasteiger partial charge in [0.15, 0.2) is 6.29 Å². The maximum absolute atomic E-state index is 12.9. The summed E-state index contributed by atoms with van der Waals surface area (Å²) < 4.78 is 23.7. The largest absolute Gasteiger partial charge is 0.350 e. The van der Waals surface area contributed by atoms with Crippen molar-refractivity contribution in [3.8, 4) is 0 Å². The molecule has 0 aromatic heterocycles. The van der Waals surface area contributed by atoms with Crippen molar-refractivity contribution in [3.05, 3.63) is 35.6 Å². The molecule has 1 atom stereocenters. The van der Waals surface area contributed by atoms with Gasteiger partial charge in [0, 0.05) is 12.5 Å². The van der Waals surface area contributed by atoms with Crippen LogP contribution in [0.3, 0.4) is 0 Å². The Kier molecular flexibility index (Phi) is 4.48. The van der Waals surface area contributed by atoms with Crippen LogP contribution in [0, 0.1) is 5.82 Å². The van der Waals surface area contributed by atoms with E-state index in [4.69, 9.17) is 9.47 Å². The van der Waals surface area contributed by atoms with Gasteiger partial charge in [0.2, 0.25) is 0 Å². The van der Waals surface area contributed by atoms with Crippen LogP contribution in [0.15, 0.2) is 24.3 Å². The van der Waals surface area contributed by atoms with E-state index in [0.29, 0.717) is 13.2 Å². The summed E-state index contributed by atoms with van der Waals surface area (Å²) in [5.41, 5.74) is 1.06. The zero-order valence-electron chi connectivity index (χ0n) is 9.99. The predicted octanol–water partition coefficient (Wildman–Crippen LogP) is 2.24. The minimum absolute atomic E-state index is 0.142. The second-order valence-electron chi connectivity index (χ2n) is 4.07. The normalized spacial score (nSPS) is 18.5. The van der Waals surface area contributed by atoms with Gasteiger partial charge in [0.1, 0.15) is 5.82 Å². The summed E-state index contributed by atoms with van der Waals surface area (Å²) >= 11 is 0.